The summed E-state index contributed by atoms with van der Waals surface area (Å²) in [5.74, 6) is 3.70. The van der Waals surface area contributed by atoms with Crippen LogP contribution in [0.3, 0.4) is 0 Å². The zero-order valence-corrected chi connectivity index (χ0v) is 11.1. The molecule has 2 unspecified atom stereocenters. The van der Waals surface area contributed by atoms with Crippen LogP contribution < -0.4 is 5.90 Å². The largest absolute Gasteiger partial charge is 0.466 e. The highest BCUT2D eigenvalue weighted by Gasteiger charge is 2.45. The molecule has 0 saturated heterocycles. The number of ether oxygens (including phenoxy) is 1. The quantitative estimate of drug-likeness (QED) is 0.657. The second-order valence-corrected chi connectivity index (χ2v) is 4.52. The lowest BCUT2D eigenvalue weighted by atomic mass is 10.2. The maximum absolute atomic E-state index is 11.4. The Kier molecular flexibility index (Phi) is 5.54. The molecule has 0 bridgehead atoms. The zero-order chi connectivity index (χ0) is 12.8. The second kappa shape index (κ2) is 6.68. The molecule has 1 saturated carbocycles. The van der Waals surface area contributed by atoms with Crippen molar-refractivity contribution < 1.29 is 14.7 Å². The molecule has 0 amide bonds. The zero-order valence-electron chi connectivity index (χ0n) is 9.47. The molecule has 2 rings (SSSR count). The molecule has 6 heteroatoms. The Morgan fingerprint density at radius 3 is 2.88 bits per heavy atom. The van der Waals surface area contributed by atoms with Crippen LogP contribution in [-0.4, -0.2) is 22.8 Å². The van der Waals surface area contributed by atoms with Gasteiger partial charge in [-0.25, -0.2) is 5.90 Å². The Morgan fingerprint density at radius 1 is 1.65 bits per heavy atom. The summed E-state index contributed by atoms with van der Waals surface area (Å²) >= 11 is 3.33. The number of nitrogens with zero attached hydrogens (tertiary/aromatic N) is 1. The number of aromatic nitrogens is 1. The molecule has 2 atom stereocenters. The van der Waals surface area contributed by atoms with E-state index in [4.69, 9.17) is 9.94 Å². The molecule has 0 aliphatic heterocycles. The predicted molar refractivity (Wildman–Crippen MR) is 65.4 cm³/mol. The minimum atomic E-state index is -0.0905. The standard InChI is InChI=1S/C11H12BrNO2.H3NO/c1-2-15-11(14)9-5-8(9)10-4-3-7(12)6-13-10;1-2/h3-4,6,8-9H,2,5H2,1H3;2H,1H2. The number of carbonyl (C=O) groups excluding carboxylic acids is 1. The van der Waals surface area contributed by atoms with E-state index < -0.39 is 0 Å². The minimum absolute atomic E-state index is 0.0265. The maximum Gasteiger partial charge on any atom is 0.309 e. The topological polar surface area (TPSA) is 85.4 Å². The third-order valence-corrected chi connectivity index (χ3v) is 2.98. The Bertz CT molecular complexity index is 369. The average Bonchev–Trinajstić information content (AvgIpc) is 3.13. The van der Waals surface area contributed by atoms with Crippen LogP contribution in [0.4, 0.5) is 0 Å². The average molecular weight is 303 g/mol. The van der Waals surface area contributed by atoms with Crippen LogP contribution >= 0.6 is 15.9 Å². The number of hydrogen-bond acceptors (Lipinski definition) is 5. The van der Waals surface area contributed by atoms with E-state index >= 15 is 0 Å². The van der Waals surface area contributed by atoms with Gasteiger partial charge in [0.2, 0.25) is 0 Å². The Balaban J connectivity index is 0.000000686. The first-order chi connectivity index (χ1) is 8.22. The first-order valence-electron chi connectivity index (χ1n) is 5.26. The van der Waals surface area contributed by atoms with Gasteiger partial charge in [0, 0.05) is 22.3 Å². The van der Waals surface area contributed by atoms with Gasteiger partial charge in [0.1, 0.15) is 0 Å². The summed E-state index contributed by atoms with van der Waals surface area (Å²) in [4.78, 5) is 15.7. The van der Waals surface area contributed by atoms with Crippen molar-refractivity contribution in [3.8, 4) is 0 Å². The third-order valence-electron chi connectivity index (χ3n) is 2.51. The molecule has 1 aromatic heterocycles. The second-order valence-electron chi connectivity index (χ2n) is 3.60. The van der Waals surface area contributed by atoms with Crippen LogP contribution in [0.25, 0.3) is 0 Å². The summed E-state index contributed by atoms with van der Waals surface area (Å²) in [6.45, 7) is 2.28. The van der Waals surface area contributed by atoms with Crippen molar-refractivity contribution in [2.75, 3.05) is 6.61 Å². The van der Waals surface area contributed by atoms with E-state index in [1.807, 2.05) is 19.1 Å². The number of pyridine rings is 1. The summed E-state index contributed by atoms with van der Waals surface area (Å²) in [6.07, 6.45) is 2.63. The molecule has 1 aliphatic rings. The number of rotatable bonds is 3. The Morgan fingerprint density at radius 2 is 2.35 bits per heavy atom. The van der Waals surface area contributed by atoms with Crippen molar-refractivity contribution in [1.82, 2.24) is 4.98 Å². The number of esters is 1. The smallest absolute Gasteiger partial charge is 0.309 e. The highest BCUT2D eigenvalue weighted by molar-refractivity contribution is 9.10. The highest BCUT2D eigenvalue weighted by Crippen LogP contribution is 2.47. The molecule has 1 aromatic rings. The van der Waals surface area contributed by atoms with E-state index in [1.54, 1.807) is 6.20 Å². The molecule has 0 radical (unpaired) electrons. The van der Waals surface area contributed by atoms with Gasteiger partial charge in [0.15, 0.2) is 0 Å². The molecule has 1 aliphatic carbocycles. The Hall–Kier alpha value is -0.980. The lowest BCUT2D eigenvalue weighted by Crippen LogP contribution is -2.07. The van der Waals surface area contributed by atoms with Crippen molar-refractivity contribution in [2.24, 2.45) is 11.8 Å². The van der Waals surface area contributed by atoms with Crippen molar-refractivity contribution in [3.63, 3.8) is 0 Å². The van der Waals surface area contributed by atoms with Gasteiger partial charge in [-0.2, -0.15) is 0 Å². The van der Waals surface area contributed by atoms with Gasteiger partial charge in [0.05, 0.1) is 12.5 Å². The molecular formula is C11H15BrN2O3. The summed E-state index contributed by atoms with van der Waals surface area (Å²) in [5, 5.41) is 6.50. The third kappa shape index (κ3) is 3.76. The summed E-state index contributed by atoms with van der Waals surface area (Å²) in [7, 11) is 0. The summed E-state index contributed by atoms with van der Waals surface area (Å²) < 4.78 is 5.92. The Labute approximate surface area is 108 Å². The van der Waals surface area contributed by atoms with Gasteiger partial charge >= 0.3 is 5.97 Å². The SMILES string of the molecule is CCOC(=O)C1CC1c1ccc(Br)cn1.NO. The lowest BCUT2D eigenvalue weighted by Gasteiger charge is -2.00. The van der Waals surface area contributed by atoms with E-state index in [2.05, 4.69) is 26.8 Å². The van der Waals surface area contributed by atoms with Crippen LogP contribution in [-0.2, 0) is 9.53 Å². The maximum atomic E-state index is 11.4. The fourth-order valence-electron chi connectivity index (χ4n) is 1.64. The van der Waals surface area contributed by atoms with Crippen LogP contribution in [0.5, 0.6) is 0 Å². The van der Waals surface area contributed by atoms with Crippen molar-refractivity contribution in [2.45, 2.75) is 19.3 Å². The van der Waals surface area contributed by atoms with Crippen molar-refractivity contribution >= 4 is 21.9 Å². The molecule has 3 N–H and O–H groups in total. The van der Waals surface area contributed by atoms with Crippen LogP contribution in [0.2, 0.25) is 0 Å². The normalized spacial score (nSPS) is 21.2. The van der Waals surface area contributed by atoms with Crippen LogP contribution in [0, 0.1) is 5.92 Å². The predicted octanol–water partition coefficient (Wildman–Crippen LogP) is 1.84. The van der Waals surface area contributed by atoms with Gasteiger partial charge < -0.3 is 9.94 Å². The molecule has 1 heterocycles. The monoisotopic (exact) mass is 302 g/mol. The molecule has 17 heavy (non-hydrogen) atoms. The van der Waals surface area contributed by atoms with E-state index in [-0.39, 0.29) is 17.8 Å². The van der Waals surface area contributed by atoms with Crippen LogP contribution in [0.15, 0.2) is 22.8 Å². The van der Waals surface area contributed by atoms with Crippen LogP contribution in [0.1, 0.15) is 25.0 Å². The molecule has 5 nitrogen and oxygen atoms in total. The van der Waals surface area contributed by atoms with Crippen molar-refractivity contribution in [1.29, 1.82) is 0 Å². The van der Waals surface area contributed by atoms with Gasteiger partial charge in [-0.15, -0.1) is 0 Å². The number of hydrogen-bond donors (Lipinski definition) is 2. The van der Waals surface area contributed by atoms with E-state index in [1.165, 1.54) is 0 Å². The number of carbonyl (C=O) groups is 1. The van der Waals surface area contributed by atoms with Gasteiger partial charge in [-0.1, -0.05) is 0 Å². The fraction of sp³-hybridized carbons (Fsp3) is 0.455. The number of nitrogens with two attached hydrogens (primary N) is 1. The molecule has 0 spiro atoms. The number of halogens is 1. The van der Waals surface area contributed by atoms with Crippen molar-refractivity contribution in [3.05, 3.63) is 28.5 Å². The van der Waals surface area contributed by atoms with E-state index in [0.29, 0.717) is 6.61 Å². The molecule has 0 aromatic carbocycles. The van der Waals surface area contributed by atoms with Gasteiger partial charge in [-0.05, 0) is 41.4 Å². The fourth-order valence-corrected chi connectivity index (χ4v) is 1.87. The van der Waals surface area contributed by atoms with Gasteiger partial charge in [-0.3, -0.25) is 9.78 Å². The molecule has 94 valence electrons. The summed E-state index contributed by atoms with van der Waals surface area (Å²) in [6, 6.07) is 3.90. The lowest BCUT2D eigenvalue weighted by molar-refractivity contribution is -0.144. The molecule has 1 fully saturated rings. The first kappa shape index (κ1) is 14.1. The highest BCUT2D eigenvalue weighted by atomic mass is 79.9. The first-order valence-corrected chi connectivity index (χ1v) is 6.05. The van der Waals surface area contributed by atoms with E-state index in [9.17, 15) is 4.79 Å². The molecular weight excluding hydrogens is 288 g/mol. The van der Waals surface area contributed by atoms with Gasteiger partial charge in [0.25, 0.3) is 0 Å². The minimum Gasteiger partial charge on any atom is -0.466 e. The summed E-state index contributed by atoms with van der Waals surface area (Å²) in [5.41, 5.74) is 0.983. The van der Waals surface area contributed by atoms with E-state index in [0.717, 1.165) is 16.6 Å².